The average molecular weight is 478 g/mol. The number of nitrogens with zero attached hydrogens (tertiary/aromatic N) is 4. The lowest BCUT2D eigenvalue weighted by Gasteiger charge is -2.41. The summed E-state index contributed by atoms with van der Waals surface area (Å²) in [5, 5.41) is 0. The molecule has 0 bridgehead atoms. The van der Waals surface area contributed by atoms with Crippen LogP contribution in [-0.4, -0.2) is 50.6 Å². The number of nitrogens with one attached hydrogen (secondary N) is 1. The Labute approximate surface area is 207 Å². The summed E-state index contributed by atoms with van der Waals surface area (Å²) in [5.74, 6) is 0.210. The van der Waals surface area contributed by atoms with Crippen molar-refractivity contribution in [1.82, 2.24) is 19.8 Å². The number of carbonyl (C=O) groups excluding carboxylic acids is 3. The first-order valence-electron chi connectivity index (χ1n) is 12.2. The van der Waals surface area contributed by atoms with Gasteiger partial charge >= 0.3 is 0 Å². The Bertz CT molecular complexity index is 1530. The van der Waals surface area contributed by atoms with Crippen LogP contribution in [0.2, 0.25) is 0 Å². The number of amides is 3. The van der Waals surface area contributed by atoms with Crippen molar-refractivity contribution in [3.8, 4) is 0 Å². The lowest BCUT2D eigenvalue weighted by molar-refractivity contribution is -0.133. The molecule has 2 unspecified atom stereocenters. The van der Waals surface area contributed by atoms with Crippen LogP contribution in [0.4, 0.5) is 5.69 Å². The number of hydrogen-bond acceptors (Lipinski definition) is 4. The fourth-order valence-electron chi connectivity index (χ4n) is 5.85. The van der Waals surface area contributed by atoms with Gasteiger partial charge in [0, 0.05) is 17.7 Å². The summed E-state index contributed by atoms with van der Waals surface area (Å²) in [6.07, 6.45) is 1.02. The first-order chi connectivity index (χ1) is 17.6. The summed E-state index contributed by atoms with van der Waals surface area (Å²) in [6.45, 7) is 0.482. The molecule has 3 aliphatic rings. The molecule has 0 radical (unpaired) electrons. The van der Waals surface area contributed by atoms with Crippen LogP contribution < -0.4 is 4.90 Å². The van der Waals surface area contributed by atoms with E-state index in [4.69, 9.17) is 4.98 Å². The molecule has 1 aromatic heterocycles. The van der Waals surface area contributed by atoms with E-state index in [1.54, 1.807) is 34.1 Å². The number of aromatic nitrogens is 2. The molecule has 1 fully saturated rings. The maximum absolute atomic E-state index is 13.7. The normalized spacial score (nSPS) is 20.6. The second kappa shape index (κ2) is 7.78. The number of benzene rings is 3. The fourth-order valence-corrected chi connectivity index (χ4v) is 5.85. The Balaban J connectivity index is 1.24. The molecule has 4 aromatic rings. The highest BCUT2D eigenvalue weighted by Gasteiger charge is 2.48. The number of rotatable bonds is 3. The second-order valence-corrected chi connectivity index (χ2v) is 9.47. The minimum Gasteiger partial charge on any atom is -0.340 e. The lowest BCUT2D eigenvalue weighted by atomic mass is 10.0. The van der Waals surface area contributed by atoms with Gasteiger partial charge in [0.2, 0.25) is 5.91 Å². The van der Waals surface area contributed by atoms with E-state index in [1.807, 2.05) is 53.4 Å². The molecule has 8 nitrogen and oxygen atoms in total. The SMILES string of the molecule is O=C(CN1C(=O)c2ccccc2N2C(=O)c3ccccc3C12)N1CCCC1c1nc2ccccc2[nH]1. The van der Waals surface area contributed by atoms with Gasteiger partial charge in [0.05, 0.1) is 28.3 Å². The van der Waals surface area contributed by atoms with Gasteiger partial charge in [-0.25, -0.2) is 4.98 Å². The van der Waals surface area contributed by atoms with Crippen LogP contribution >= 0.6 is 0 Å². The summed E-state index contributed by atoms with van der Waals surface area (Å²) in [5.41, 5.74) is 4.12. The molecule has 2 atom stereocenters. The molecular weight excluding hydrogens is 454 g/mol. The van der Waals surface area contributed by atoms with E-state index in [0.717, 1.165) is 35.3 Å². The summed E-state index contributed by atoms with van der Waals surface area (Å²) in [6, 6.07) is 22.1. The highest BCUT2D eigenvalue weighted by atomic mass is 16.2. The number of para-hydroxylation sites is 3. The minimum atomic E-state index is -0.646. The Kier molecular flexibility index (Phi) is 4.51. The largest absolute Gasteiger partial charge is 0.340 e. The topological polar surface area (TPSA) is 89.6 Å². The number of imidazole rings is 1. The van der Waals surface area contributed by atoms with Crippen LogP contribution in [0.25, 0.3) is 11.0 Å². The molecule has 0 aliphatic carbocycles. The average Bonchev–Trinajstić information content (AvgIpc) is 3.63. The first-order valence-corrected chi connectivity index (χ1v) is 12.2. The quantitative estimate of drug-likeness (QED) is 0.482. The summed E-state index contributed by atoms with van der Waals surface area (Å²) < 4.78 is 0. The van der Waals surface area contributed by atoms with E-state index in [1.165, 1.54) is 0 Å². The van der Waals surface area contributed by atoms with Crippen molar-refractivity contribution < 1.29 is 14.4 Å². The van der Waals surface area contributed by atoms with Crippen LogP contribution in [-0.2, 0) is 4.79 Å². The molecule has 4 heterocycles. The van der Waals surface area contributed by atoms with Crippen molar-refractivity contribution in [3.05, 3.63) is 95.3 Å². The van der Waals surface area contributed by atoms with E-state index >= 15 is 0 Å². The number of anilines is 1. The Morgan fingerprint density at radius 2 is 1.67 bits per heavy atom. The minimum absolute atomic E-state index is 0.118. The van der Waals surface area contributed by atoms with E-state index in [9.17, 15) is 14.4 Å². The van der Waals surface area contributed by atoms with Gasteiger partial charge in [-0.2, -0.15) is 0 Å². The van der Waals surface area contributed by atoms with Gasteiger partial charge in [0.25, 0.3) is 11.8 Å². The molecule has 8 heteroatoms. The van der Waals surface area contributed by atoms with E-state index in [2.05, 4.69) is 4.98 Å². The summed E-state index contributed by atoms with van der Waals surface area (Å²) in [7, 11) is 0. The zero-order chi connectivity index (χ0) is 24.4. The Hall–Kier alpha value is -4.46. The summed E-state index contributed by atoms with van der Waals surface area (Å²) >= 11 is 0. The monoisotopic (exact) mass is 477 g/mol. The third kappa shape index (κ3) is 2.94. The molecule has 1 N–H and O–H groups in total. The lowest BCUT2D eigenvalue weighted by Crippen LogP contribution is -2.52. The van der Waals surface area contributed by atoms with E-state index < -0.39 is 6.17 Å². The van der Waals surface area contributed by atoms with Crippen molar-refractivity contribution in [2.75, 3.05) is 18.0 Å². The van der Waals surface area contributed by atoms with Crippen molar-refractivity contribution in [2.24, 2.45) is 0 Å². The third-order valence-corrected chi connectivity index (χ3v) is 7.48. The van der Waals surface area contributed by atoms with Crippen molar-refractivity contribution in [3.63, 3.8) is 0 Å². The zero-order valence-corrected chi connectivity index (χ0v) is 19.4. The standard InChI is InChI=1S/C28H23N5O3/c34-24(31-15-7-14-23(31)25-29-20-11-4-5-12-21(20)30-25)16-32-26-17-8-1-2-9-18(17)28(36)33(26)22-13-6-3-10-19(22)27(32)35/h1-6,8-13,23,26H,7,14-16H2,(H,29,30). The maximum Gasteiger partial charge on any atom is 0.260 e. The molecule has 3 aliphatic heterocycles. The molecule has 0 spiro atoms. The Morgan fingerprint density at radius 3 is 2.53 bits per heavy atom. The van der Waals surface area contributed by atoms with Gasteiger partial charge in [-0.15, -0.1) is 0 Å². The van der Waals surface area contributed by atoms with Crippen LogP contribution in [0, 0.1) is 0 Å². The van der Waals surface area contributed by atoms with Gasteiger partial charge in [-0.3, -0.25) is 19.3 Å². The Morgan fingerprint density at radius 1 is 0.917 bits per heavy atom. The number of aromatic amines is 1. The van der Waals surface area contributed by atoms with Crippen LogP contribution in [0.1, 0.15) is 57.2 Å². The van der Waals surface area contributed by atoms with E-state index in [0.29, 0.717) is 23.4 Å². The van der Waals surface area contributed by atoms with Gasteiger partial charge in [0.1, 0.15) is 18.5 Å². The van der Waals surface area contributed by atoms with Gasteiger partial charge in [0.15, 0.2) is 0 Å². The third-order valence-electron chi connectivity index (χ3n) is 7.48. The van der Waals surface area contributed by atoms with Crippen molar-refractivity contribution in [2.45, 2.75) is 25.0 Å². The number of hydrogen-bond donors (Lipinski definition) is 1. The van der Waals surface area contributed by atoms with Gasteiger partial charge < -0.3 is 14.8 Å². The summed E-state index contributed by atoms with van der Waals surface area (Å²) in [4.78, 5) is 53.9. The second-order valence-electron chi connectivity index (χ2n) is 9.47. The molecule has 3 aromatic carbocycles. The van der Waals surface area contributed by atoms with E-state index in [-0.39, 0.29) is 30.3 Å². The highest BCUT2D eigenvalue weighted by molar-refractivity contribution is 6.17. The predicted molar refractivity (Wildman–Crippen MR) is 133 cm³/mol. The van der Waals surface area contributed by atoms with Crippen LogP contribution in [0.15, 0.2) is 72.8 Å². The number of H-pyrrole nitrogens is 1. The van der Waals surface area contributed by atoms with Crippen LogP contribution in [0.3, 0.4) is 0 Å². The molecule has 178 valence electrons. The fraction of sp³-hybridized carbons (Fsp3) is 0.214. The van der Waals surface area contributed by atoms with Crippen LogP contribution in [0.5, 0.6) is 0 Å². The molecular formula is C28H23N5O3. The molecule has 1 saturated heterocycles. The number of carbonyl (C=O) groups is 3. The first kappa shape index (κ1) is 20.9. The highest BCUT2D eigenvalue weighted by Crippen LogP contribution is 2.45. The maximum atomic E-state index is 13.7. The number of likely N-dealkylation sites (tertiary alicyclic amines) is 1. The van der Waals surface area contributed by atoms with Gasteiger partial charge in [-0.1, -0.05) is 42.5 Å². The molecule has 3 amide bonds. The zero-order valence-electron chi connectivity index (χ0n) is 19.4. The van der Waals surface area contributed by atoms with Crippen molar-refractivity contribution >= 4 is 34.4 Å². The molecule has 36 heavy (non-hydrogen) atoms. The number of fused-ring (bicyclic) bond motifs is 6. The van der Waals surface area contributed by atoms with Crippen molar-refractivity contribution in [1.29, 1.82) is 0 Å². The smallest absolute Gasteiger partial charge is 0.260 e. The van der Waals surface area contributed by atoms with Gasteiger partial charge in [-0.05, 0) is 43.2 Å². The predicted octanol–water partition coefficient (Wildman–Crippen LogP) is 4.04. The molecule has 0 saturated carbocycles. The molecule has 7 rings (SSSR count).